The number of pyridine rings is 1. The largest absolute Gasteiger partial charge is 0.364 e. The highest BCUT2D eigenvalue weighted by Crippen LogP contribution is 2.30. The van der Waals surface area contributed by atoms with Crippen LogP contribution in [0.15, 0.2) is 12.3 Å². The Morgan fingerprint density at radius 1 is 1.67 bits per heavy atom. The van der Waals surface area contributed by atoms with Gasteiger partial charge in [-0.25, -0.2) is 4.98 Å². The maximum absolute atomic E-state index is 10.8. The molecule has 1 saturated carbocycles. The van der Waals surface area contributed by atoms with E-state index in [4.69, 9.17) is 0 Å². The van der Waals surface area contributed by atoms with Gasteiger partial charge in [0.2, 0.25) is 5.82 Å². The first-order valence-corrected chi connectivity index (χ1v) is 5.01. The molecule has 1 fully saturated rings. The van der Waals surface area contributed by atoms with Gasteiger partial charge in [-0.3, -0.25) is 10.1 Å². The highest BCUT2D eigenvalue weighted by molar-refractivity contribution is 5.56. The predicted octanol–water partition coefficient (Wildman–Crippen LogP) is 2.12. The van der Waals surface area contributed by atoms with E-state index in [1.807, 2.05) is 0 Å². The van der Waals surface area contributed by atoms with Gasteiger partial charge in [0.15, 0.2) is 0 Å². The molecule has 1 heterocycles. The number of aromatic nitrogens is 1. The van der Waals surface area contributed by atoms with Crippen LogP contribution in [0.3, 0.4) is 0 Å². The van der Waals surface area contributed by atoms with Gasteiger partial charge in [-0.05, 0) is 31.2 Å². The smallest absolute Gasteiger partial charge is 0.311 e. The van der Waals surface area contributed by atoms with Gasteiger partial charge in [-0.2, -0.15) is 0 Å². The first-order valence-electron chi connectivity index (χ1n) is 5.01. The number of anilines is 1. The SMILES string of the molecule is Cc1cnc(NCC2CC2)c([N+](=O)[O-])c1. The second-order valence-electron chi connectivity index (χ2n) is 3.96. The fourth-order valence-electron chi connectivity index (χ4n) is 1.39. The van der Waals surface area contributed by atoms with Crippen molar-refractivity contribution in [2.24, 2.45) is 5.92 Å². The van der Waals surface area contributed by atoms with E-state index in [0.29, 0.717) is 11.7 Å². The highest BCUT2D eigenvalue weighted by Gasteiger charge is 2.23. The van der Waals surface area contributed by atoms with E-state index in [2.05, 4.69) is 10.3 Å². The first kappa shape index (κ1) is 9.89. The Bertz CT molecular complexity index is 388. The maximum Gasteiger partial charge on any atom is 0.311 e. The van der Waals surface area contributed by atoms with Crippen LogP contribution in [0.1, 0.15) is 18.4 Å². The number of nitrogens with zero attached hydrogens (tertiary/aromatic N) is 2. The van der Waals surface area contributed by atoms with E-state index in [9.17, 15) is 10.1 Å². The lowest BCUT2D eigenvalue weighted by Crippen LogP contribution is -2.07. The summed E-state index contributed by atoms with van der Waals surface area (Å²) in [6, 6.07) is 1.54. The summed E-state index contributed by atoms with van der Waals surface area (Å²) in [7, 11) is 0. The van der Waals surface area contributed by atoms with E-state index >= 15 is 0 Å². The summed E-state index contributed by atoms with van der Waals surface area (Å²) >= 11 is 0. The molecule has 1 N–H and O–H groups in total. The normalized spacial score (nSPS) is 15.0. The van der Waals surface area contributed by atoms with Gasteiger partial charge in [0.25, 0.3) is 0 Å². The summed E-state index contributed by atoms with van der Waals surface area (Å²) in [5.41, 5.74) is 0.870. The van der Waals surface area contributed by atoms with Crippen molar-refractivity contribution in [2.75, 3.05) is 11.9 Å². The van der Waals surface area contributed by atoms with Crippen molar-refractivity contribution in [3.8, 4) is 0 Å². The maximum atomic E-state index is 10.8. The lowest BCUT2D eigenvalue weighted by atomic mass is 10.3. The molecule has 1 aromatic rings. The van der Waals surface area contributed by atoms with Crippen molar-refractivity contribution >= 4 is 11.5 Å². The minimum Gasteiger partial charge on any atom is -0.364 e. The minimum absolute atomic E-state index is 0.0654. The molecule has 0 bridgehead atoms. The standard InChI is InChI=1S/C10H13N3O2/c1-7-4-9(13(14)15)10(11-5-7)12-6-8-2-3-8/h4-5,8H,2-3,6H2,1H3,(H,11,12). The number of aryl methyl sites for hydroxylation is 1. The molecule has 0 aliphatic heterocycles. The summed E-state index contributed by atoms with van der Waals surface area (Å²) in [5.74, 6) is 1.06. The summed E-state index contributed by atoms with van der Waals surface area (Å²) in [4.78, 5) is 14.4. The molecule has 1 aromatic heterocycles. The van der Waals surface area contributed by atoms with Crippen molar-refractivity contribution < 1.29 is 4.92 Å². The Morgan fingerprint density at radius 2 is 2.40 bits per heavy atom. The quantitative estimate of drug-likeness (QED) is 0.606. The van der Waals surface area contributed by atoms with Gasteiger partial charge in [-0.1, -0.05) is 0 Å². The first-order chi connectivity index (χ1) is 7.16. The molecule has 1 aliphatic rings. The van der Waals surface area contributed by atoms with Gasteiger partial charge < -0.3 is 5.32 Å². The fourth-order valence-corrected chi connectivity index (χ4v) is 1.39. The molecule has 0 saturated heterocycles. The average molecular weight is 207 g/mol. The van der Waals surface area contributed by atoms with Crippen LogP contribution in [-0.2, 0) is 0 Å². The van der Waals surface area contributed by atoms with Crippen LogP contribution in [0.4, 0.5) is 11.5 Å². The van der Waals surface area contributed by atoms with Gasteiger partial charge in [-0.15, -0.1) is 0 Å². The minimum atomic E-state index is -0.394. The van der Waals surface area contributed by atoms with Crippen LogP contribution in [0, 0.1) is 23.0 Å². The Labute approximate surface area is 87.7 Å². The zero-order valence-corrected chi connectivity index (χ0v) is 8.56. The molecule has 0 amide bonds. The van der Waals surface area contributed by atoms with Crippen LogP contribution in [0.25, 0.3) is 0 Å². The number of nitrogens with one attached hydrogen (secondary N) is 1. The predicted molar refractivity (Wildman–Crippen MR) is 56.8 cm³/mol. The lowest BCUT2D eigenvalue weighted by Gasteiger charge is -2.05. The second-order valence-corrected chi connectivity index (χ2v) is 3.96. The molecule has 0 aromatic carbocycles. The molecule has 0 spiro atoms. The molecule has 0 radical (unpaired) electrons. The molecule has 0 atom stereocenters. The molecule has 0 unspecified atom stereocenters. The monoisotopic (exact) mass is 207 g/mol. The lowest BCUT2D eigenvalue weighted by molar-refractivity contribution is -0.384. The Morgan fingerprint density at radius 3 is 3.00 bits per heavy atom. The third-order valence-corrected chi connectivity index (χ3v) is 2.46. The van der Waals surface area contributed by atoms with E-state index in [1.54, 1.807) is 19.2 Å². The van der Waals surface area contributed by atoms with Gasteiger partial charge in [0.05, 0.1) is 4.92 Å². The van der Waals surface area contributed by atoms with E-state index in [0.717, 1.165) is 12.1 Å². The average Bonchev–Trinajstić information content (AvgIpc) is 2.99. The second kappa shape index (κ2) is 3.84. The molecule has 80 valence electrons. The highest BCUT2D eigenvalue weighted by atomic mass is 16.6. The summed E-state index contributed by atoms with van der Waals surface area (Å²) in [6.45, 7) is 2.58. The van der Waals surface area contributed by atoms with Crippen LogP contribution < -0.4 is 5.32 Å². The van der Waals surface area contributed by atoms with Crippen molar-refractivity contribution in [2.45, 2.75) is 19.8 Å². The summed E-state index contributed by atoms with van der Waals surface area (Å²) in [6.07, 6.45) is 4.07. The topological polar surface area (TPSA) is 68.1 Å². The van der Waals surface area contributed by atoms with Crippen LogP contribution in [0.2, 0.25) is 0 Å². The fraction of sp³-hybridized carbons (Fsp3) is 0.500. The molecule has 1 aliphatic carbocycles. The third-order valence-electron chi connectivity index (χ3n) is 2.46. The Hall–Kier alpha value is -1.65. The molecule has 2 rings (SSSR count). The van der Waals surface area contributed by atoms with Crippen LogP contribution in [-0.4, -0.2) is 16.5 Å². The number of hydrogen-bond acceptors (Lipinski definition) is 4. The van der Waals surface area contributed by atoms with Gasteiger partial charge in [0, 0.05) is 18.8 Å². The zero-order valence-electron chi connectivity index (χ0n) is 8.56. The van der Waals surface area contributed by atoms with Crippen molar-refractivity contribution in [1.82, 2.24) is 4.98 Å². The summed E-state index contributed by atoms with van der Waals surface area (Å²) in [5, 5.41) is 13.8. The molecular weight excluding hydrogens is 194 g/mol. The zero-order chi connectivity index (χ0) is 10.8. The molecular formula is C10H13N3O2. The van der Waals surface area contributed by atoms with Crippen LogP contribution in [0.5, 0.6) is 0 Å². The number of nitro groups is 1. The van der Waals surface area contributed by atoms with E-state index < -0.39 is 4.92 Å². The van der Waals surface area contributed by atoms with Crippen molar-refractivity contribution in [3.05, 3.63) is 27.9 Å². The van der Waals surface area contributed by atoms with Crippen molar-refractivity contribution in [1.29, 1.82) is 0 Å². The molecule has 5 heteroatoms. The van der Waals surface area contributed by atoms with Crippen molar-refractivity contribution in [3.63, 3.8) is 0 Å². The summed E-state index contributed by atoms with van der Waals surface area (Å²) < 4.78 is 0. The van der Waals surface area contributed by atoms with Gasteiger partial charge in [0.1, 0.15) is 0 Å². The van der Waals surface area contributed by atoms with Crippen LogP contribution >= 0.6 is 0 Å². The third kappa shape index (κ3) is 2.43. The molecule has 15 heavy (non-hydrogen) atoms. The van der Waals surface area contributed by atoms with E-state index in [-0.39, 0.29) is 5.69 Å². The molecule has 5 nitrogen and oxygen atoms in total. The number of hydrogen-bond donors (Lipinski definition) is 1. The van der Waals surface area contributed by atoms with Gasteiger partial charge >= 0.3 is 5.69 Å². The Kier molecular flexibility index (Phi) is 2.53. The number of rotatable bonds is 4. The Balaban J connectivity index is 2.15. The van der Waals surface area contributed by atoms with E-state index in [1.165, 1.54) is 12.8 Å².